The molecule has 0 saturated carbocycles. The van der Waals surface area contributed by atoms with Gasteiger partial charge in [-0.1, -0.05) is 232 Å². The van der Waals surface area contributed by atoms with Gasteiger partial charge in [0.15, 0.2) is 0 Å². The van der Waals surface area contributed by atoms with Crippen LogP contribution in [0, 0.1) is 0 Å². The van der Waals surface area contributed by atoms with Gasteiger partial charge in [0.2, 0.25) is 0 Å². The van der Waals surface area contributed by atoms with Crippen LogP contribution in [0.25, 0.3) is 0 Å². The number of carbonyl (C=O) groups excluding carboxylic acids is 2. The van der Waals surface area contributed by atoms with Crippen molar-refractivity contribution in [1.82, 2.24) is 0 Å². The zero-order valence-electron chi connectivity index (χ0n) is 46.0. The number of para-hydroxylation sites is 4. The Hall–Kier alpha value is -6.31. The third-order valence-electron chi connectivity index (χ3n) is 13.2. The number of nitrogens with one attached hydrogen (secondary N) is 2. The average Bonchev–Trinajstić information content (AvgIpc) is 3.33. The van der Waals surface area contributed by atoms with Gasteiger partial charge in [-0.25, -0.2) is 9.98 Å². The summed E-state index contributed by atoms with van der Waals surface area (Å²) >= 11 is 0. The number of carboxylic acid groups (broad SMARTS) is 2. The Labute approximate surface area is 447 Å². The summed E-state index contributed by atoms with van der Waals surface area (Å²) in [6.45, 7) is 34.6. The van der Waals surface area contributed by atoms with Crippen LogP contribution >= 0.6 is 0 Å². The summed E-state index contributed by atoms with van der Waals surface area (Å²) in [4.78, 5) is 34.7. The van der Waals surface area contributed by atoms with E-state index in [2.05, 4.69) is 194 Å². The third kappa shape index (κ3) is 14.5. The van der Waals surface area contributed by atoms with E-state index in [0.29, 0.717) is 22.8 Å². The number of anilines is 2. The Balaban J connectivity index is 0.000000312. The molecule has 388 valence electrons. The van der Waals surface area contributed by atoms with Crippen LogP contribution in [-0.4, -0.2) is 23.6 Å². The second-order valence-electron chi connectivity index (χ2n) is 21.3. The molecule has 0 aliphatic rings. The summed E-state index contributed by atoms with van der Waals surface area (Å²) < 4.78 is 0. The van der Waals surface area contributed by atoms with Crippen LogP contribution in [0.15, 0.2) is 131 Å². The number of hydrogen-bond acceptors (Lipinski definition) is 6. The van der Waals surface area contributed by atoms with Crippen molar-refractivity contribution in [3.05, 3.63) is 188 Å². The van der Waals surface area contributed by atoms with Gasteiger partial charge in [-0.05, 0) is 91.9 Å². The van der Waals surface area contributed by atoms with E-state index < -0.39 is 11.9 Å². The number of aromatic carboxylic acids is 2. The molecule has 6 aromatic carbocycles. The molecule has 73 heavy (non-hydrogen) atoms. The summed E-state index contributed by atoms with van der Waals surface area (Å²) in [6.07, 6.45) is 0. The third-order valence-corrected chi connectivity index (χ3v) is 13.2. The fourth-order valence-corrected chi connectivity index (χ4v) is 9.18. The smallest absolute Gasteiger partial charge is 0.545 e. The minimum atomic E-state index is -1.22. The van der Waals surface area contributed by atoms with E-state index in [-0.39, 0.29) is 75.0 Å². The molecule has 0 aromatic heterocycles. The molecule has 9 heteroatoms. The summed E-state index contributed by atoms with van der Waals surface area (Å²) in [7, 11) is 0. The minimum absolute atomic E-state index is 0. The molecule has 0 spiro atoms. The van der Waals surface area contributed by atoms with Crippen molar-refractivity contribution in [3.8, 4) is 0 Å². The number of hydrogen-bond donors (Lipinski definition) is 2. The van der Waals surface area contributed by atoms with Crippen molar-refractivity contribution in [1.29, 1.82) is 0 Å². The fourth-order valence-electron chi connectivity index (χ4n) is 9.18. The Bertz CT molecular complexity index is 2600. The molecular weight excluding hydrogens is 947 g/mol. The van der Waals surface area contributed by atoms with Crippen LogP contribution < -0.4 is 20.8 Å². The fraction of sp³-hybridized carbons (Fsp3) is 0.375. The first-order valence-electron chi connectivity index (χ1n) is 25.9. The summed E-state index contributed by atoms with van der Waals surface area (Å²) in [6, 6.07) is 39.2. The molecule has 8 nitrogen and oxygen atoms in total. The number of carbonyl (C=O) groups is 2. The Morgan fingerprint density at radius 2 is 0.534 bits per heavy atom. The molecule has 0 heterocycles. The Morgan fingerprint density at radius 1 is 0.329 bits per heavy atom. The van der Waals surface area contributed by atoms with Gasteiger partial charge in [0.05, 0.1) is 23.3 Å². The average molecular weight is 1030 g/mol. The van der Waals surface area contributed by atoms with Crippen molar-refractivity contribution < 1.29 is 36.3 Å². The van der Waals surface area contributed by atoms with Crippen LogP contribution in [0.3, 0.4) is 0 Å². The molecule has 0 fully saturated rings. The molecular formula is C64H78N4NiO4. The van der Waals surface area contributed by atoms with Crippen LogP contribution in [0.5, 0.6) is 0 Å². The van der Waals surface area contributed by atoms with Gasteiger partial charge in [0, 0.05) is 33.6 Å². The molecule has 6 rings (SSSR count). The zero-order valence-corrected chi connectivity index (χ0v) is 47.0. The molecule has 0 saturated heterocycles. The van der Waals surface area contributed by atoms with E-state index in [9.17, 15) is 19.8 Å². The van der Waals surface area contributed by atoms with E-state index >= 15 is 0 Å². The molecule has 0 atom stereocenters. The number of nitrogens with zero attached hydrogens (tertiary/aromatic N) is 2. The van der Waals surface area contributed by atoms with Gasteiger partial charge >= 0.3 is 16.5 Å². The predicted molar refractivity (Wildman–Crippen MR) is 300 cm³/mol. The normalized spacial score (nSPS) is 12.0. The quantitative estimate of drug-likeness (QED) is 0.0564. The second kappa shape index (κ2) is 26.6. The van der Waals surface area contributed by atoms with E-state index in [0.717, 1.165) is 45.0 Å². The maximum absolute atomic E-state index is 12.1. The summed E-state index contributed by atoms with van der Waals surface area (Å²) in [5.74, 6) is 0.726. The Morgan fingerprint density at radius 3 is 0.740 bits per heavy atom. The van der Waals surface area contributed by atoms with Crippen LogP contribution in [0.4, 0.5) is 22.7 Å². The van der Waals surface area contributed by atoms with Crippen molar-refractivity contribution in [3.63, 3.8) is 0 Å². The molecule has 0 unspecified atom stereocenters. The molecule has 0 amide bonds. The van der Waals surface area contributed by atoms with Crippen LogP contribution in [0.2, 0.25) is 0 Å². The van der Waals surface area contributed by atoms with Crippen LogP contribution in [0.1, 0.15) is 234 Å². The second-order valence-corrected chi connectivity index (χ2v) is 21.3. The van der Waals surface area contributed by atoms with Crippen molar-refractivity contribution in [2.75, 3.05) is 10.6 Å². The summed E-state index contributed by atoms with van der Waals surface area (Å²) in [5.41, 5.74) is 14.2. The maximum atomic E-state index is 12.1. The largest absolute Gasteiger partial charge is 2.00 e. The van der Waals surface area contributed by atoms with Crippen molar-refractivity contribution in [2.45, 2.75) is 158 Å². The zero-order chi connectivity index (χ0) is 53.1. The van der Waals surface area contributed by atoms with E-state index in [1.807, 2.05) is 12.1 Å². The summed E-state index contributed by atoms with van der Waals surface area (Å²) in [5, 5.41) is 31.5. The van der Waals surface area contributed by atoms with E-state index in [1.165, 1.54) is 22.3 Å². The predicted octanol–water partition coefficient (Wildman–Crippen LogP) is 15.5. The SMILES string of the molecule is CC(C)c1cccc(C(C)C)c1N=C(Nc1c(C(C)C)cccc1C(C)C)c1ccccc1C(=O)[O-].CC(C)c1cccc(C(C)C)c1N=C(Nc1c(C(C)C)cccc1C(C)C)c1ccccc1C(=O)[O-].[Ni+2]. The molecule has 2 N–H and O–H groups in total. The van der Waals surface area contributed by atoms with E-state index in [4.69, 9.17) is 9.98 Å². The molecule has 0 bridgehead atoms. The van der Waals surface area contributed by atoms with Gasteiger partial charge in [0.1, 0.15) is 11.7 Å². The van der Waals surface area contributed by atoms with Gasteiger partial charge in [-0.2, -0.15) is 0 Å². The van der Waals surface area contributed by atoms with E-state index in [1.54, 1.807) is 36.4 Å². The maximum Gasteiger partial charge on any atom is 2.00 e. The van der Waals surface area contributed by atoms with Gasteiger partial charge in [-0.15, -0.1) is 0 Å². The number of benzene rings is 6. The first-order valence-corrected chi connectivity index (χ1v) is 25.9. The van der Waals surface area contributed by atoms with Gasteiger partial charge in [0.25, 0.3) is 0 Å². The molecule has 6 aromatic rings. The van der Waals surface area contributed by atoms with Crippen LogP contribution in [-0.2, 0) is 16.5 Å². The number of carboxylic acids is 2. The topological polar surface area (TPSA) is 129 Å². The standard InChI is InChI=1S/2C32H40N2O2.Ni/c2*1-19(2)23-15-11-16-24(20(3)4)29(23)33-31(27-13-9-10-14-28(27)32(35)36)34-30-25(21(5)6)17-12-18-26(30)22(7)8;/h2*9-22H,1-8H3,(H,33,34)(H,35,36);/q;;+2/p-2. The minimum Gasteiger partial charge on any atom is -0.545 e. The molecule has 0 aliphatic heterocycles. The number of aliphatic imine (C=N–C) groups is 2. The van der Waals surface area contributed by atoms with Gasteiger partial charge < -0.3 is 30.4 Å². The first kappa shape index (κ1) is 59.3. The van der Waals surface area contributed by atoms with Crippen molar-refractivity contribution >= 4 is 46.4 Å². The molecule has 0 aliphatic carbocycles. The number of amidine groups is 2. The molecule has 0 radical (unpaired) electrons. The first-order chi connectivity index (χ1) is 34.0. The Kier molecular flexibility index (Phi) is 21.6. The number of rotatable bonds is 16. The monoisotopic (exact) mass is 1020 g/mol. The van der Waals surface area contributed by atoms with Gasteiger partial charge in [-0.3, -0.25) is 0 Å². The van der Waals surface area contributed by atoms with Crippen molar-refractivity contribution in [2.24, 2.45) is 9.98 Å².